The number of unbranched alkanes of at least 4 members (excludes halogenated alkanes) is 2. The summed E-state index contributed by atoms with van der Waals surface area (Å²) in [6.45, 7) is 17.9. The molecule has 3 amide bonds. The lowest BCUT2D eigenvalue weighted by Gasteiger charge is -2.39. The number of ether oxygens (including phenoxy) is 1. The lowest BCUT2D eigenvalue weighted by Crippen LogP contribution is -2.57. The number of fused-ring (bicyclic) bond motifs is 1. The molecular weight excluding hydrogens is 470 g/mol. The first-order chi connectivity index (χ1) is 17.7. The lowest BCUT2D eigenvalue weighted by atomic mass is 9.62. The molecule has 0 aromatic heterocycles. The lowest BCUT2D eigenvalue weighted by molar-refractivity contribution is -0.154. The number of aliphatic hydroxyl groups excluding tert-OH is 1. The Labute approximate surface area is 222 Å². The summed E-state index contributed by atoms with van der Waals surface area (Å²) in [6, 6.07) is -0.820. The Morgan fingerprint density at radius 1 is 1.08 bits per heavy atom. The van der Waals surface area contributed by atoms with Gasteiger partial charge in [0.2, 0.25) is 17.7 Å². The zero-order valence-corrected chi connectivity index (χ0v) is 23.3. The Hall–Kier alpha value is -2.19. The molecule has 3 unspecified atom stereocenters. The molecule has 6 atom stereocenters. The Morgan fingerprint density at radius 2 is 1.73 bits per heavy atom. The van der Waals surface area contributed by atoms with E-state index in [1.54, 1.807) is 26.9 Å². The van der Waals surface area contributed by atoms with E-state index in [1.165, 1.54) is 0 Å². The van der Waals surface area contributed by atoms with Gasteiger partial charge in [0.15, 0.2) is 0 Å². The van der Waals surface area contributed by atoms with E-state index in [9.17, 15) is 19.5 Å². The largest absolute Gasteiger partial charge is 0.396 e. The van der Waals surface area contributed by atoms with Crippen LogP contribution in [0.4, 0.5) is 0 Å². The van der Waals surface area contributed by atoms with Crippen LogP contribution in [0.2, 0.25) is 0 Å². The SMILES string of the molecule is C=CCN(CCCCC)C(=O)C1N(CCCO)C(=O)[C@@H]2[C@H](C(=O)N(CC=C)CCC)[C@@]3(C)OC12CC3C. The van der Waals surface area contributed by atoms with Gasteiger partial charge in [0.25, 0.3) is 0 Å². The number of likely N-dealkylation sites (tertiary alicyclic amines) is 1. The molecule has 37 heavy (non-hydrogen) atoms. The van der Waals surface area contributed by atoms with E-state index >= 15 is 0 Å². The van der Waals surface area contributed by atoms with Crippen molar-refractivity contribution in [1.29, 1.82) is 0 Å². The van der Waals surface area contributed by atoms with Crippen LogP contribution in [0.3, 0.4) is 0 Å². The molecule has 8 heteroatoms. The number of amides is 3. The van der Waals surface area contributed by atoms with Gasteiger partial charge in [-0.2, -0.15) is 0 Å². The Balaban J connectivity index is 2.07. The zero-order chi connectivity index (χ0) is 27.4. The van der Waals surface area contributed by atoms with Crippen LogP contribution in [-0.2, 0) is 19.1 Å². The third-order valence-electron chi connectivity index (χ3n) is 8.72. The number of nitrogens with zero attached hydrogens (tertiary/aromatic N) is 3. The van der Waals surface area contributed by atoms with Crippen molar-refractivity contribution in [1.82, 2.24) is 14.7 Å². The number of carbonyl (C=O) groups is 3. The summed E-state index contributed by atoms with van der Waals surface area (Å²) in [5.41, 5.74) is -1.90. The molecule has 3 rings (SSSR count). The average Bonchev–Trinajstić information content (AvgIpc) is 3.38. The van der Waals surface area contributed by atoms with Crippen LogP contribution in [-0.4, -0.2) is 94.1 Å². The highest BCUT2D eigenvalue weighted by atomic mass is 16.5. The normalized spacial score (nSPS) is 31.9. The van der Waals surface area contributed by atoms with Crippen molar-refractivity contribution in [2.45, 2.75) is 83.5 Å². The van der Waals surface area contributed by atoms with Crippen LogP contribution in [0.25, 0.3) is 0 Å². The van der Waals surface area contributed by atoms with Crippen molar-refractivity contribution in [2.24, 2.45) is 17.8 Å². The van der Waals surface area contributed by atoms with Crippen molar-refractivity contribution < 1.29 is 24.2 Å². The summed E-state index contributed by atoms with van der Waals surface area (Å²) >= 11 is 0. The molecule has 2 bridgehead atoms. The fourth-order valence-electron chi connectivity index (χ4n) is 6.96. The van der Waals surface area contributed by atoms with Crippen LogP contribution in [0.15, 0.2) is 25.3 Å². The fraction of sp³-hybridized carbons (Fsp3) is 0.759. The van der Waals surface area contributed by atoms with Gasteiger partial charge in [-0.3, -0.25) is 14.4 Å². The minimum Gasteiger partial charge on any atom is -0.396 e. The molecule has 8 nitrogen and oxygen atoms in total. The summed E-state index contributed by atoms with van der Waals surface area (Å²) in [7, 11) is 0. The van der Waals surface area contributed by atoms with Crippen molar-refractivity contribution >= 4 is 17.7 Å². The van der Waals surface area contributed by atoms with Crippen LogP contribution in [0.5, 0.6) is 0 Å². The maximum atomic E-state index is 14.2. The molecule has 3 aliphatic rings. The van der Waals surface area contributed by atoms with Gasteiger partial charge in [0.05, 0.1) is 17.4 Å². The molecule has 0 aromatic rings. The van der Waals surface area contributed by atoms with Crippen LogP contribution in [0, 0.1) is 17.8 Å². The summed E-state index contributed by atoms with van der Waals surface area (Å²) in [6.07, 6.45) is 8.04. The van der Waals surface area contributed by atoms with Gasteiger partial charge in [0.1, 0.15) is 11.6 Å². The van der Waals surface area contributed by atoms with Crippen molar-refractivity contribution in [2.75, 3.05) is 39.3 Å². The predicted octanol–water partition coefficient (Wildman–Crippen LogP) is 3.01. The van der Waals surface area contributed by atoms with Gasteiger partial charge in [-0.25, -0.2) is 0 Å². The average molecular weight is 518 g/mol. The molecule has 1 N–H and O–H groups in total. The van der Waals surface area contributed by atoms with Crippen LogP contribution < -0.4 is 0 Å². The molecule has 1 spiro atoms. The third kappa shape index (κ3) is 4.99. The van der Waals surface area contributed by atoms with Gasteiger partial charge < -0.3 is 24.5 Å². The molecule has 0 radical (unpaired) electrons. The maximum absolute atomic E-state index is 14.2. The molecule has 3 fully saturated rings. The molecular formula is C29H47N3O5. The highest BCUT2D eigenvalue weighted by Gasteiger charge is 2.80. The van der Waals surface area contributed by atoms with Gasteiger partial charge in [-0.1, -0.05) is 45.8 Å². The summed E-state index contributed by atoms with van der Waals surface area (Å²) < 4.78 is 6.82. The zero-order valence-electron chi connectivity index (χ0n) is 23.3. The number of hydrogen-bond acceptors (Lipinski definition) is 5. The Morgan fingerprint density at radius 3 is 2.30 bits per heavy atom. The minimum atomic E-state index is -1.06. The number of rotatable bonds is 15. The predicted molar refractivity (Wildman–Crippen MR) is 144 cm³/mol. The van der Waals surface area contributed by atoms with Crippen LogP contribution >= 0.6 is 0 Å². The van der Waals surface area contributed by atoms with Crippen molar-refractivity contribution in [3.8, 4) is 0 Å². The van der Waals surface area contributed by atoms with E-state index in [4.69, 9.17) is 4.74 Å². The second-order valence-electron chi connectivity index (χ2n) is 11.2. The Kier molecular flexibility index (Phi) is 9.62. The molecule has 3 heterocycles. The smallest absolute Gasteiger partial charge is 0.248 e. The summed E-state index contributed by atoms with van der Waals surface area (Å²) in [5, 5.41) is 9.57. The number of carbonyl (C=O) groups excluding carboxylic acids is 3. The first kappa shape index (κ1) is 29.4. The number of aliphatic hydroxyl groups is 1. The quantitative estimate of drug-likeness (QED) is 0.266. The van der Waals surface area contributed by atoms with Gasteiger partial charge in [0, 0.05) is 39.3 Å². The molecule has 3 aliphatic heterocycles. The topological polar surface area (TPSA) is 90.4 Å². The van der Waals surface area contributed by atoms with Crippen LogP contribution in [0.1, 0.15) is 66.2 Å². The van der Waals surface area contributed by atoms with E-state index in [0.717, 1.165) is 25.7 Å². The second-order valence-corrected chi connectivity index (χ2v) is 11.2. The van der Waals surface area contributed by atoms with E-state index in [2.05, 4.69) is 27.0 Å². The van der Waals surface area contributed by atoms with Gasteiger partial charge in [-0.05, 0) is 38.5 Å². The van der Waals surface area contributed by atoms with E-state index in [-0.39, 0.29) is 36.8 Å². The minimum absolute atomic E-state index is 0.00116. The molecule has 0 aromatic carbocycles. The molecule has 0 aliphatic carbocycles. The second kappa shape index (κ2) is 12.1. The molecule has 0 saturated carbocycles. The fourth-order valence-corrected chi connectivity index (χ4v) is 6.96. The highest BCUT2D eigenvalue weighted by Crippen LogP contribution is 2.65. The van der Waals surface area contributed by atoms with Gasteiger partial charge in [-0.15, -0.1) is 13.2 Å². The highest BCUT2D eigenvalue weighted by molar-refractivity contribution is 5.99. The van der Waals surface area contributed by atoms with Crippen molar-refractivity contribution in [3.05, 3.63) is 25.3 Å². The summed E-state index contributed by atoms with van der Waals surface area (Å²) in [4.78, 5) is 47.5. The van der Waals surface area contributed by atoms with E-state index in [0.29, 0.717) is 39.0 Å². The van der Waals surface area contributed by atoms with Gasteiger partial charge >= 0.3 is 0 Å². The first-order valence-corrected chi connectivity index (χ1v) is 14.1. The van der Waals surface area contributed by atoms with Crippen molar-refractivity contribution in [3.63, 3.8) is 0 Å². The summed E-state index contributed by atoms with van der Waals surface area (Å²) in [5.74, 6) is -1.85. The molecule has 208 valence electrons. The van der Waals surface area contributed by atoms with E-state index in [1.807, 2.05) is 13.8 Å². The monoisotopic (exact) mass is 517 g/mol. The maximum Gasteiger partial charge on any atom is 0.248 e. The first-order valence-electron chi connectivity index (χ1n) is 14.1. The van der Waals surface area contributed by atoms with E-state index < -0.39 is 29.1 Å². The standard InChI is InChI=1S/C29H47N3O5/c1-7-11-12-17-31(16-10-4)27(36)24-29-20-21(5)28(6,37-29)22(25(34)30(14-8-2)15-9-3)23(29)26(35)32(24)18-13-19-33/h8,10,21-24,33H,2,4,7,9,11-20H2,1,3,5-6H3/t21?,22-,23+,24?,28+,29?/m1/s1. The number of hydrogen-bond donors (Lipinski definition) is 1. The third-order valence-corrected chi connectivity index (χ3v) is 8.72. The Bertz CT molecular complexity index is 878. The molecule has 3 saturated heterocycles.